The lowest BCUT2D eigenvalue weighted by atomic mass is 10.6. The molecule has 0 saturated carbocycles. The lowest BCUT2D eigenvalue weighted by Gasteiger charge is -2.02. The molecule has 0 atom stereocenters. The lowest BCUT2D eigenvalue weighted by molar-refractivity contribution is 0.231. The minimum absolute atomic E-state index is 0.289. The van der Waals surface area contributed by atoms with Gasteiger partial charge in [0.2, 0.25) is 0 Å². The monoisotopic (exact) mass is 112 g/mol. The van der Waals surface area contributed by atoms with Crippen LogP contribution >= 0.6 is 0 Å². The Hall–Kier alpha value is -1.06. The van der Waals surface area contributed by atoms with E-state index < -0.39 is 0 Å². The molecule has 2 amide bonds. The van der Waals surface area contributed by atoms with Crippen molar-refractivity contribution in [3.05, 3.63) is 0 Å². The molecule has 0 aromatic heterocycles. The molecule has 1 radical (unpaired) electrons. The lowest BCUT2D eigenvalue weighted by Crippen LogP contribution is -2.26. The number of urea groups is 1. The van der Waals surface area contributed by atoms with Crippen molar-refractivity contribution in [2.75, 3.05) is 7.05 Å². The molecule has 0 aliphatic carbocycles. The van der Waals surface area contributed by atoms with Crippen LogP contribution in [0.3, 0.4) is 0 Å². The predicted molar refractivity (Wildman–Crippen MR) is 28.4 cm³/mol. The average Bonchev–Trinajstić information content (AvgIpc) is 1.98. The zero-order valence-corrected chi connectivity index (χ0v) is 4.75. The number of hydrogen-bond acceptors (Lipinski definition) is 2. The van der Waals surface area contributed by atoms with Crippen molar-refractivity contribution in [1.82, 2.24) is 10.3 Å². The fourth-order valence-corrected chi connectivity index (χ4v) is 0.388. The van der Waals surface area contributed by atoms with Gasteiger partial charge in [-0.15, -0.1) is 5.10 Å². The Balaban J connectivity index is 2.72. The van der Waals surface area contributed by atoms with Crippen LogP contribution in [-0.4, -0.2) is 23.8 Å². The molecule has 0 N–H and O–H groups in total. The fraction of sp³-hybridized carbons (Fsp3) is 0.500. The zero-order chi connectivity index (χ0) is 6.15. The number of amides is 2. The molecule has 0 aromatic rings. The molecule has 1 aliphatic heterocycles. The van der Waals surface area contributed by atoms with Crippen molar-refractivity contribution in [3.8, 4) is 0 Å². The van der Waals surface area contributed by atoms with Crippen molar-refractivity contribution in [1.29, 1.82) is 0 Å². The maximum atomic E-state index is 10.4. The third-order valence-electron chi connectivity index (χ3n) is 1.05. The summed E-state index contributed by atoms with van der Waals surface area (Å²) in [5.41, 5.74) is 3.27. The van der Waals surface area contributed by atoms with E-state index in [2.05, 4.69) is 10.5 Å². The summed E-state index contributed by atoms with van der Waals surface area (Å²) in [5.74, 6) is 0.648. The molecule has 4 nitrogen and oxygen atoms in total. The number of amidine groups is 1. The van der Waals surface area contributed by atoms with Gasteiger partial charge in [0.1, 0.15) is 5.84 Å². The van der Waals surface area contributed by atoms with Crippen LogP contribution in [0.25, 0.3) is 0 Å². The Labute approximate surface area is 47.2 Å². The normalized spacial score (nSPS) is 18.5. The molecule has 1 rings (SSSR count). The van der Waals surface area contributed by atoms with E-state index in [-0.39, 0.29) is 6.03 Å². The maximum Gasteiger partial charge on any atom is 0.367 e. The van der Waals surface area contributed by atoms with Gasteiger partial charge < -0.3 is 0 Å². The molecule has 0 unspecified atom stereocenters. The molecule has 0 fully saturated rings. The van der Waals surface area contributed by atoms with E-state index >= 15 is 0 Å². The number of carbonyl (C=O) groups is 1. The second-order valence-electron chi connectivity index (χ2n) is 1.59. The quantitative estimate of drug-likeness (QED) is 0.434. The topological polar surface area (TPSA) is 46.8 Å². The standard InChI is InChI=1S/C4H6N3O/c1-3-5-6-4(8)7(3)2/h1-2H3. The fourth-order valence-electron chi connectivity index (χ4n) is 0.388. The van der Waals surface area contributed by atoms with E-state index in [0.29, 0.717) is 5.84 Å². The number of nitrogens with zero attached hydrogens (tertiary/aromatic N) is 3. The van der Waals surface area contributed by atoms with Gasteiger partial charge in [0.25, 0.3) is 0 Å². The van der Waals surface area contributed by atoms with Gasteiger partial charge in [-0.2, -0.15) is 0 Å². The first kappa shape index (κ1) is 5.08. The van der Waals surface area contributed by atoms with Gasteiger partial charge in [-0.3, -0.25) is 4.90 Å². The first-order chi connectivity index (χ1) is 3.72. The van der Waals surface area contributed by atoms with Crippen LogP contribution in [0.15, 0.2) is 5.10 Å². The van der Waals surface area contributed by atoms with Crippen molar-refractivity contribution in [2.24, 2.45) is 5.10 Å². The summed E-state index contributed by atoms with van der Waals surface area (Å²) in [6.07, 6.45) is 0. The molecular weight excluding hydrogens is 106 g/mol. The van der Waals surface area contributed by atoms with Crippen LogP contribution < -0.4 is 5.43 Å². The smallest absolute Gasteiger partial charge is 0.281 e. The highest BCUT2D eigenvalue weighted by Gasteiger charge is 2.18. The maximum absolute atomic E-state index is 10.4. The van der Waals surface area contributed by atoms with E-state index in [1.54, 1.807) is 14.0 Å². The van der Waals surface area contributed by atoms with Gasteiger partial charge in [0.15, 0.2) is 0 Å². The molecule has 0 saturated heterocycles. The third kappa shape index (κ3) is 0.538. The second kappa shape index (κ2) is 1.47. The summed E-state index contributed by atoms with van der Waals surface area (Å²) in [6.45, 7) is 1.73. The first-order valence-corrected chi connectivity index (χ1v) is 2.25. The van der Waals surface area contributed by atoms with Crippen molar-refractivity contribution >= 4 is 11.9 Å². The second-order valence-corrected chi connectivity index (χ2v) is 1.59. The molecule has 1 aliphatic rings. The molecule has 0 aromatic carbocycles. The highest BCUT2D eigenvalue weighted by molar-refractivity contribution is 5.99. The summed E-state index contributed by atoms with van der Waals surface area (Å²) in [7, 11) is 1.64. The van der Waals surface area contributed by atoms with Crippen molar-refractivity contribution in [2.45, 2.75) is 6.92 Å². The zero-order valence-electron chi connectivity index (χ0n) is 4.75. The molecule has 4 heteroatoms. The molecule has 43 valence electrons. The summed E-state index contributed by atoms with van der Waals surface area (Å²) in [5, 5.41) is 3.52. The van der Waals surface area contributed by atoms with Gasteiger partial charge in [0.05, 0.1) is 0 Å². The van der Waals surface area contributed by atoms with E-state index in [9.17, 15) is 4.79 Å². The van der Waals surface area contributed by atoms with Crippen LogP contribution in [0.5, 0.6) is 0 Å². The number of carbonyl (C=O) groups excluding carboxylic acids is 1. The Morgan fingerprint density at radius 1 is 1.62 bits per heavy atom. The van der Waals surface area contributed by atoms with Gasteiger partial charge in [-0.1, -0.05) is 5.43 Å². The summed E-state index contributed by atoms with van der Waals surface area (Å²) in [6, 6.07) is -0.289. The predicted octanol–water partition coefficient (Wildman–Crippen LogP) is -0.0104. The van der Waals surface area contributed by atoms with Gasteiger partial charge in [-0.25, -0.2) is 4.79 Å². The van der Waals surface area contributed by atoms with Crippen LogP contribution in [0, 0.1) is 0 Å². The van der Waals surface area contributed by atoms with E-state index in [1.165, 1.54) is 4.90 Å². The van der Waals surface area contributed by atoms with Crippen molar-refractivity contribution in [3.63, 3.8) is 0 Å². The Bertz CT molecular complexity index is 151. The molecule has 1 heterocycles. The first-order valence-electron chi connectivity index (χ1n) is 2.25. The third-order valence-corrected chi connectivity index (χ3v) is 1.05. The minimum Gasteiger partial charge on any atom is -0.281 e. The molecule has 0 spiro atoms. The van der Waals surface area contributed by atoms with Crippen LogP contribution in [0.1, 0.15) is 6.92 Å². The summed E-state index contributed by atoms with van der Waals surface area (Å²) in [4.78, 5) is 11.8. The van der Waals surface area contributed by atoms with Crippen molar-refractivity contribution < 1.29 is 4.79 Å². The average molecular weight is 112 g/mol. The minimum atomic E-state index is -0.289. The van der Waals surface area contributed by atoms with Gasteiger partial charge in [0, 0.05) is 7.05 Å². The summed E-state index contributed by atoms with van der Waals surface area (Å²) >= 11 is 0. The molecule has 0 bridgehead atoms. The van der Waals surface area contributed by atoms with Crippen LogP contribution in [-0.2, 0) is 0 Å². The largest absolute Gasteiger partial charge is 0.367 e. The Morgan fingerprint density at radius 3 is 2.38 bits per heavy atom. The Kier molecular flexibility index (Phi) is 0.932. The van der Waals surface area contributed by atoms with E-state index in [4.69, 9.17) is 0 Å². The van der Waals surface area contributed by atoms with E-state index in [0.717, 1.165) is 0 Å². The number of rotatable bonds is 0. The van der Waals surface area contributed by atoms with E-state index in [1.807, 2.05) is 0 Å². The van der Waals surface area contributed by atoms with Crippen LogP contribution in [0.4, 0.5) is 4.79 Å². The van der Waals surface area contributed by atoms with Gasteiger partial charge >= 0.3 is 6.03 Å². The van der Waals surface area contributed by atoms with Crippen LogP contribution in [0.2, 0.25) is 0 Å². The highest BCUT2D eigenvalue weighted by Crippen LogP contribution is 1.95. The van der Waals surface area contributed by atoms with Gasteiger partial charge in [-0.05, 0) is 6.92 Å². The molecule has 8 heavy (non-hydrogen) atoms. The molecular formula is C4H6N3O. The highest BCUT2D eigenvalue weighted by atomic mass is 16.2. The summed E-state index contributed by atoms with van der Waals surface area (Å²) < 4.78 is 0. The SMILES string of the molecule is CC1=N[N]C(=O)N1C. The Morgan fingerprint density at radius 2 is 2.25 bits per heavy atom. The number of hydrogen-bond donors (Lipinski definition) is 0.